The number of aliphatic hydroxyl groups is 1. The van der Waals surface area contributed by atoms with E-state index in [1.54, 1.807) is 11.0 Å². The first kappa shape index (κ1) is 15.4. The number of hydrogen-bond acceptors (Lipinski definition) is 4. The van der Waals surface area contributed by atoms with Crippen molar-refractivity contribution in [1.29, 1.82) is 0 Å². The van der Waals surface area contributed by atoms with Gasteiger partial charge in [-0.3, -0.25) is 9.69 Å². The van der Waals surface area contributed by atoms with E-state index in [1.807, 2.05) is 12.1 Å². The molecule has 1 unspecified atom stereocenters. The summed E-state index contributed by atoms with van der Waals surface area (Å²) in [6.45, 7) is 8.63. The minimum absolute atomic E-state index is 0.0675. The molecule has 1 aromatic rings. The maximum atomic E-state index is 12.4. The van der Waals surface area contributed by atoms with Crippen molar-refractivity contribution in [2.24, 2.45) is 11.8 Å². The third-order valence-electron chi connectivity index (χ3n) is 4.79. The predicted molar refractivity (Wildman–Crippen MR) is 84.4 cm³/mol. The van der Waals surface area contributed by atoms with Crippen molar-refractivity contribution in [2.45, 2.75) is 32.9 Å². The van der Waals surface area contributed by atoms with Crippen LogP contribution in [0, 0.1) is 11.8 Å². The maximum Gasteiger partial charge on any atom is 0.272 e. The number of hydrogen-bond donors (Lipinski definition) is 1. The Morgan fingerprint density at radius 3 is 2.77 bits per heavy atom. The second kappa shape index (κ2) is 6.34. The maximum absolute atomic E-state index is 12.4. The van der Waals surface area contributed by atoms with Gasteiger partial charge in [0.15, 0.2) is 0 Å². The van der Waals surface area contributed by atoms with Crippen LogP contribution in [0.4, 0.5) is 0 Å². The first-order valence-electron chi connectivity index (χ1n) is 8.18. The molecule has 22 heavy (non-hydrogen) atoms. The van der Waals surface area contributed by atoms with Crippen LogP contribution < -0.4 is 0 Å². The molecule has 120 valence electrons. The molecule has 0 aliphatic carbocycles. The Hall–Kier alpha value is -1.46. The van der Waals surface area contributed by atoms with E-state index in [0.717, 1.165) is 37.2 Å². The molecule has 3 rings (SSSR count). The summed E-state index contributed by atoms with van der Waals surface area (Å²) in [5.74, 6) is 1.46. The number of aliphatic hydroxyl groups excluding tert-OH is 1. The van der Waals surface area contributed by atoms with E-state index in [-0.39, 0.29) is 12.0 Å². The molecule has 3 heterocycles. The van der Waals surface area contributed by atoms with Crippen LogP contribution in [0.2, 0.25) is 0 Å². The van der Waals surface area contributed by atoms with Gasteiger partial charge in [0.2, 0.25) is 0 Å². The van der Waals surface area contributed by atoms with Gasteiger partial charge in [0, 0.05) is 32.7 Å². The van der Waals surface area contributed by atoms with E-state index in [4.69, 9.17) is 0 Å². The van der Waals surface area contributed by atoms with Crippen LogP contribution in [-0.4, -0.2) is 58.1 Å². The molecule has 0 spiro atoms. The highest BCUT2D eigenvalue weighted by Gasteiger charge is 2.29. The lowest BCUT2D eigenvalue weighted by molar-refractivity contribution is 0.0600. The molecule has 1 N–H and O–H groups in total. The average molecular weight is 303 g/mol. The fourth-order valence-corrected chi connectivity index (χ4v) is 3.16. The molecule has 1 aromatic heterocycles. The number of carbonyl (C=O) groups is 1. The smallest absolute Gasteiger partial charge is 0.272 e. The van der Waals surface area contributed by atoms with Crippen LogP contribution in [0.3, 0.4) is 0 Å². The van der Waals surface area contributed by atoms with Crippen molar-refractivity contribution < 1.29 is 9.90 Å². The predicted octanol–water partition coefficient (Wildman–Crippen LogP) is 1.38. The Balaban J connectivity index is 1.60. The zero-order valence-electron chi connectivity index (χ0n) is 13.4. The quantitative estimate of drug-likeness (QED) is 0.913. The standard InChI is InChI=1S/C17H25N3O2/c1-12(2)13-8-19(9-13)10-14-4-3-5-16(18-14)17(22)20-7-6-15(21)11-20/h3-5,12-13,15,21H,6-11H2,1-2H3. The Morgan fingerprint density at radius 1 is 1.36 bits per heavy atom. The lowest BCUT2D eigenvalue weighted by atomic mass is 9.88. The Labute approximate surface area is 131 Å². The van der Waals surface area contributed by atoms with E-state index >= 15 is 0 Å². The highest BCUT2D eigenvalue weighted by Crippen LogP contribution is 2.24. The summed E-state index contributed by atoms with van der Waals surface area (Å²) in [5.41, 5.74) is 1.44. The lowest BCUT2D eigenvalue weighted by Crippen LogP contribution is -2.48. The summed E-state index contributed by atoms with van der Waals surface area (Å²) in [5, 5.41) is 9.56. The van der Waals surface area contributed by atoms with Crippen molar-refractivity contribution >= 4 is 5.91 Å². The molecule has 2 fully saturated rings. The van der Waals surface area contributed by atoms with Crippen LogP contribution in [0.25, 0.3) is 0 Å². The highest BCUT2D eigenvalue weighted by atomic mass is 16.3. The van der Waals surface area contributed by atoms with Gasteiger partial charge in [-0.2, -0.15) is 0 Å². The summed E-state index contributed by atoms with van der Waals surface area (Å²) >= 11 is 0. The van der Waals surface area contributed by atoms with Gasteiger partial charge in [0.25, 0.3) is 5.91 Å². The van der Waals surface area contributed by atoms with Crippen molar-refractivity contribution in [3.05, 3.63) is 29.6 Å². The van der Waals surface area contributed by atoms with E-state index in [2.05, 4.69) is 23.7 Å². The molecular weight excluding hydrogens is 278 g/mol. The van der Waals surface area contributed by atoms with Crippen molar-refractivity contribution in [1.82, 2.24) is 14.8 Å². The molecule has 0 bridgehead atoms. The number of likely N-dealkylation sites (tertiary alicyclic amines) is 2. The molecule has 0 radical (unpaired) electrons. The summed E-state index contributed by atoms with van der Waals surface area (Å²) in [7, 11) is 0. The van der Waals surface area contributed by atoms with E-state index in [0.29, 0.717) is 25.2 Å². The van der Waals surface area contributed by atoms with Gasteiger partial charge in [-0.1, -0.05) is 19.9 Å². The number of amides is 1. The van der Waals surface area contributed by atoms with Crippen LogP contribution in [0.15, 0.2) is 18.2 Å². The Kier molecular flexibility index (Phi) is 4.45. The summed E-state index contributed by atoms with van der Waals surface area (Å²) in [6, 6.07) is 5.66. The van der Waals surface area contributed by atoms with Crippen LogP contribution in [-0.2, 0) is 6.54 Å². The zero-order valence-corrected chi connectivity index (χ0v) is 13.4. The molecule has 2 saturated heterocycles. The number of pyridine rings is 1. The van der Waals surface area contributed by atoms with E-state index in [1.165, 1.54) is 0 Å². The third kappa shape index (κ3) is 3.31. The monoisotopic (exact) mass is 303 g/mol. The lowest BCUT2D eigenvalue weighted by Gasteiger charge is -2.41. The first-order valence-corrected chi connectivity index (χ1v) is 8.18. The topological polar surface area (TPSA) is 56.7 Å². The number of carbonyl (C=O) groups excluding carboxylic acids is 1. The molecule has 5 heteroatoms. The molecule has 5 nitrogen and oxygen atoms in total. The van der Waals surface area contributed by atoms with Crippen molar-refractivity contribution in [3.8, 4) is 0 Å². The minimum Gasteiger partial charge on any atom is -0.391 e. The Bertz CT molecular complexity index is 540. The molecule has 1 amide bonds. The minimum atomic E-state index is -0.388. The Morgan fingerprint density at radius 2 is 2.14 bits per heavy atom. The number of rotatable bonds is 4. The van der Waals surface area contributed by atoms with E-state index in [9.17, 15) is 9.90 Å². The third-order valence-corrected chi connectivity index (χ3v) is 4.79. The number of aromatic nitrogens is 1. The molecular formula is C17H25N3O2. The van der Waals surface area contributed by atoms with Gasteiger partial charge >= 0.3 is 0 Å². The van der Waals surface area contributed by atoms with Crippen molar-refractivity contribution in [2.75, 3.05) is 26.2 Å². The molecule has 2 aliphatic heterocycles. The van der Waals surface area contributed by atoms with Crippen LogP contribution in [0.5, 0.6) is 0 Å². The van der Waals surface area contributed by atoms with Crippen molar-refractivity contribution in [3.63, 3.8) is 0 Å². The second-order valence-electron chi connectivity index (χ2n) is 6.91. The summed E-state index contributed by atoms with van der Waals surface area (Å²) in [6.07, 6.45) is 0.275. The number of nitrogens with zero attached hydrogens (tertiary/aromatic N) is 3. The molecule has 0 saturated carbocycles. The number of β-amino-alcohol motifs (C(OH)–C–C–N with tert-alkyl or cyclic N) is 1. The fraction of sp³-hybridized carbons (Fsp3) is 0.647. The van der Waals surface area contributed by atoms with Gasteiger partial charge in [-0.05, 0) is 30.4 Å². The summed E-state index contributed by atoms with van der Waals surface area (Å²) in [4.78, 5) is 21.0. The van der Waals surface area contributed by atoms with Gasteiger partial charge in [-0.15, -0.1) is 0 Å². The van der Waals surface area contributed by atoms with Gasteiger partial charge in [-0.25, -0.2) is 4.98 Å². The molecule has 0 aromatic carbocycles. The first-order chi connectivity index (χ1) is 10.5. The van der Waals surface area contributed by atoms with Crippen LogP contribution in [0.1, 0.15) is 36.5 Å². The fourth-order valence-electron chi connectivity index (χ4n) is 3.16. The van der Waals surface area contributed by atoms with Gasteiger partial charge < -0.3 is 10.0 Å². The summed E-state index contributed by atoms with van der Waals surface area (Å²) < 4.78 is 0. The highest BCUT2D eigenvalue weighted by molar-refractivity contribution is 5.92. The largest absolute Gasteiger partial charge is 0.391 e. The second-order valence-corrected chi connectivity index (χ2v) is 6.91. The SMILES string of the molecule is CC(C)C1CN(Cc2cccc(C(=O)N3CCC(O)C3)n2)C1. The molecule has 1 atom stereocenters. The normalized spacial score (nSPS) is 23.1. The zero-order chi connectivity index (χ0) is 15.7. The van der Waals surface area contributed by atoms with Gasteiger partial charge in [0.05, 0.1) is 11.8 Å². The van der Waals surface area contributed by atoms with Crippen LogP contribution >= 0.6 is 0 Å². The average Bonchev–Trinajstić information content (AvgIpc) is 2.88. The molecule has 2 aliphatic rings. The van der Waals surface area contributed by atoms with E-state index < -0.39 is 0 Å². The van der Waals surface area contributed by atoms with Gasteiger partial charge in [0.1, 0.15) is 5.69 Å².